The highest BCUT2D eigenvalue weighted by Gasteiger charge is 2.29. The van der Waals surface area contributed by atoms with Crippen molar-refractivity contribution >= 4 is 22.8 Å². The third-order valence-electron chi connectivity index (χ3n) is 6.16. The Morgan fingerprint density at radius 1 is 1.29 bits per heavy atom. The number of rotatable bonds is 7. The van der Waals surface area contributed by atoms with E-state index in [2.05, 4.69) is 26.3 Å². The Morgan fingerprint density at radius 2 is 2.21 bits per heavy atom. The molecule has 0 radical (unpaired) electrons. The van der Waals surface area contributed by atoms with Gasteiger partial charge in [0.1, 0.15) is 5.82 Å². The molecule has 180 valence electrons. The first-order valence-electron chi connectivity index (χ1n) is 11.4. The number of ether oxygens (including phenoxy) is 3. The quantitative estimate of drug-likeness (QED) is 0.522. The lowest BCUT2D eigenvalue weighted by molar-refractivity contribution is -0.0719. The lowest BCUT2D eigenvalue weighted by atomic mass is 9.96. The average molecular weight is 487 g/mol. The van der Waals surface area contributed by atoms with Gasteiger partial charge in [-0.05, 0) is 25.0 Å². The summed E-state index contributed by atoms with van der Waals surface area (Å²) in [6.45, 7) is 1.82. The molecule has 8 nitrogen and oxygen atoms in total. The van der Waals surface area contributed by atoms with Gasteiger partial charge in [-0.1, -0.05) is 0 Å². The molecular formula is C24H27FN4O4S. The minimum atomic E-state index is -0.853. The van der Waals surface area contributed by atoms with Gasteiger partial charge in [-0.25, -0.2) is 9.37 Å². The normalized spacial score (nSPS) is 21.0. The molecule has 3 aromatic rings. The molecule has 5 rings (SSSR count). The molecule has 2 aliphatic heterocycles. The van der Waals surface area contributed by atoms with Crippen LogP contribution < -0.4 is 14.8 Å². The molecule has 3 atom stereocenters. The second-order valence-electron chi connectivity index (χ2n) is 8.42. The Bertz CT molecular complexity index is 1160. The Morgan fingerprint density at radius 3 is 3.03 bits per heavy atom. The van der Waals surface area contributed by atoms with E-state index in [-0.39, 0.29) is 18.6 Å². The van der Waals surface area contributed by atoms with Gasteiger partial charge in [0, 0.05) is 36.4 Å². The molecule has 34 heavy (non-hydrogen) atoms. The second-order valence-corrected chi connectivity index (χ2v) is 9.56. The maximum atomic E-state index is 14.6. The van der Waals surface area contributed by atoms with Crippen LogP contribution in [0.15, 0.2) is 35.5 Å². The van der Waals surface area contributed by atoms with Gasteiger partial charge in [-0.3, -0.25) is 9.97 Å². The van der Waals surface area contributed by atoms with Crippen molar-refractivity contribution in [1.82, 2.24) is 20.3 Å². The molecule has 2 aliphatic rings. The van der Waals surface area contributed by atoms with Crippen molar-refractivity contribution in [2.75, 3.05) is 26.1 Å². The predicted molar refractivity (Wildman–Crippen MR) is 126 cm³/mol. The first-order chi connectivity index (χ1) is 16.6. The Labute approximate surface area is 201 Å². The fourth-order valence-electron chi connectivity index (χ4n) is 4.30. The molecule has 1 saturated heterocycles. The summed E-state index contributed by atoms with van der Waals surface area (Å²) < 4.78 is 31.3. The number of halogens is 1. The number of hydrogen-bond donors (Lipinski definition) is 2. The third kappa shape index (κ3) is 5.10. The second kappa shape index (κ2) is 10.4. The number of methoxy groups -OCH3 is 1. The van der Waals surface area contributed by atoms with Crippen molar-refractivity contribution < 1.29 is 23.7 Å². The molecule has 2 N–H and O–H groups in total. The highest BCUT2D eigenvalue weighted by Crippen LogP contribution is 2.32. The van der Waals surface area contributed by atoms with Crippen LogP contribution in [-0.4, -0.2) is 64.4 Å². The maximum Gasteiger partial charge on any atom is 0.213 e. The van der Waals surface area contributed by atoms with Crippen molar-refractivity contribution in [1.29, 1.82) is 0 Å². The molecule has 0 saturated carbocycles. The molecule has 0 spiro atoms. The van der Waals surface area contributed by atoms with E-state index < -0.39 is 11.9 Å². The molecule has 5 heterocycles. The third-order valence-corrected chi connectivity index (χ3v) is 7.16. The molecule has 10 heteroatoms. The van der Waals surface area contributed by atoms with Crippen LogP contribution in [0.4, 0.5) is 4.39 Å². The highest BCUT2D eigenvalue weighted by atomic mass is 32.2. The Balaban J connectivity index is 1.16. The highest BCUT2D eigenvalue weighted by molar-refractivity contribution is 7.99. The van der Waals surface area contributed by atoms with Crippen LogP contribution in [0.3, 0.4) is 0 Å². The summed E-state index contributed by atoms with van der Waals surface area (Å²) in [6, 6.07) is 5.64. The monoisotopic (exact) mass is 486 g/mol. The largest absolute Gasteiger partial charge is 0.490 e. The Kier molecular flexibility index (Phi) is 7.10. The van der Waals surface area contributed by atoms with E-state index in [0.717, 1.165) is 35.1 Å². The summed E-state index contributed by atoms with van der Waals surface area (Å²) in [5, 5.41) is 14.3. The molecule has 0 aromatic carbocycles. The van der Waals surface area contributed by atoms with Crippen molar-refractivity contribution in [3.05, 3.63) is 47.7 Å². The summed E-state index contributed by atoms with van der Waals surface area (Å²) in [6.07, 6.45) is 3.33. The van der Waals surface area contributed by atoms with Crippen molar-refractivity contribution in [3.63, 3.8) is 0 Å². The molecule has 0 aliphatic carbocycles. The molecule has 3 aromatic heterocycles. The number of nitrogens with zero attached hydrogens (tertiary/aromatic N) is 3. The molecule has 1 fully saturated rings. The van der Waals surface area contributed by atoms with Crippen molar-refractivity contribution in [2.45, 2.75) is 49.0 Å². The number of aromatic nitrogens is 3. The minimum absolute atomic E-state index is 0.0898. The number of thioether (sulfide) groups is 1. The zero-order valence-corrected chi connectivity index (χ0v) is 19.7. The van der Waals surface area contributed by atoms with E-state index in [0.29, 0.717) is 42.0 Å². The summed E-state index contributed by atoms with van der Waals surface area (Å²) >= 11 is 1.78. The summed E-state index contributed by atoms with van der Waals surface area (Å²) in [7, 11) is 1.50. The van der Waals surface area contributed by atoms with Gasteiger partial charge in [-0.2, -0.15) is 0 Å². The zero-order valence-electron chi connectivity index (χ0n) is 18.9. The van der Waals surface area contributed by atoms with E-state index in [4.69, 9.17) is 14.2 Å². The van der Waals surface area contributed by atoms with Crippen LogP contribution in [-0.2, 0) is 17.7 Å². The predicted octanol–water partition coefficient (Wildman–Crippen LogP) is 2.90. The van der Waals surface area contributed by atoms with Crippen LogP contribution in [0.1, 0.15) is 24.1 Å². The fraction of sp³-hybridized carbons (Fsp3) is 0.458. The molecular weight excluding hydrogens is 459 g/mol. The number of fused-ring (bicyclic) bond motifs is 2. The van der Waals surface area contributed by atoms with Gasteiger partial charge in [0.05, 0.1) is 66.5 Å². The van der Waals surface area contributed by atoms with Gasteiger partial charge in [0.2, 0.25) is 5.88 Å². The number of pyridine rings is 3. The van der Waals surface area contributed by atoms with E-state index in [9.17, 15) is 9.50 Å². The summed E-state index contributed by atoms with van der Waals surface area (Å²) in [4.78, 5) is 14.0. The molecule has 0 unspecified atom stereocenters. The van der Waals surface area contributed by atoms with Gasteiger partial charge >= 0.3 is 0 Å². The number of aliphatic hydroxyl groups is 1. The molecule has 0 bridgehead atoms. The maximum absolute atomic E-state index is 14.6. The van der Waals surface area contributed by atoms with Gasteiger partial charge in [-0.15, -0.1) is 11.8 Å². The van der Waals surface area contributed by atoms with Gasteiger partial charge in [0.25, 0.3) is 0 Å². The fourth-order valence-corrected chi connectivity index (χ4v) is 5.16. The van der Waals surface area contributed by atoms with Crippen molar-refractivity contribution in [3.8, 4) is 11.6 Å². The Hall–Kier alpha value is -2.53. The summed E-state index contributed by atoms with van der Waals surface area (Å²) in [5.41, 5.74) is 2.23. The van der Waals surface area contributed by atoms with Crippen LogP contribution >= 0.6 is 11.8 Å². The SMILES string of the molecule is COc1ccc2ncc(F)c(C[C@H](O)[C@@H]3CC[C@@H](NCc4cc5c(cn4)OCCS5)CO3)c2n1. The van der Waals surface area contributed by atoms with Crippen LogP contribution in [0.25, 0.3) is 11.0 Å². The van der Waals surface area contributed by atoms with Crippen LogP contribution in [0, 0.1) is 5.82 Å². The van der Waals surface area contributed by atoms with Gasteiger partial charge < -0.3 is 24.6 Å². The van der Waals surface area contributed by atoms with Crippen LogP contribution in [0.2, 0.25) is 0 Å². The van der Waals surface area contributed by atoms with Gasteiger partial charge in [0.15, 0.2) is 5.75 Å². The van der Waals surface area contributed by atoms with E-state index >= 15 is 0 Å². The first kappa shape index (κ1) is 23.2. The van der Waals surface area contributed by atoms with Crippen LogP contribution in [0.5, 0.6) is 11.6 Å². The lowest BCUT2D eigenvalue weighted by Gasteiger charge is -2.32. The summed E-state index contributed by atoms with van der Waals surface area (Å²) in [5.74, 6) is 1.68. The van der Waals surface area contributed by atoms with Crippen molar-refractivity contribution in [2.24, 2.45) is 0 Å². The standard InChI is InChI=1S/C24H27FN4O4S/c1-31-23-5-3-18-24(29-23)16(17(25)11-28-18)9-19(30)20-4-2-14(13-33-20)26-10-15-8-22-21(12-27-15)32-6-7-34-22/h3,5,8,11-12,14,19-20,26,30H,2,4,6-7,9-10,13H2,1H3/t14-,19+,20+/m1/s1. The smallest absolute Gasteiger partial charge is 0.213 e. The topological polar surface area (TPSA) is 98.6 Å². The minimum Gasteiger partial charge on any atom is -0.490 e. The average Bonchev–Trinajstić information content (AvgIpc) is 2.89. The van der Waals surface area contributed by atoms with E-state index in [1.54, 1.807) is 30.1 Å². The first-order valence-corrected chi connectivity index (χ1v) is 12.3. The lowest BCUT2D eigenvalue weighted by Crippen LogP contribution is -2.44. The van der Waals surface area contributed by atoms with E-state index in [1.165, 1.54) is 13.3 Å². The number of nitrogens with one attached hydrogen (secondary N) is 1. The zero-order chi connectivity index (χ0) is 23.5. The number of aliphatic hydroxyl groups excluding tert-OH is 1. The number of hydrogen-bond acceptors (Lipinski definition) is 9. The molecule has 0 amide bonds. The van der Waals surface area contributed by atoms with E-state index in [1.807, 2.05) is 0 Å².